The maximum absolute atomic E-state index is 12.9. The third-order valence-electron chi connectivity index (χ3n) is 5.89. The Morgan fingerprint density at radius 3 is 2.21 bits per heavy atom. The van der Waals surface area contributed by atoms with E-state index in [1.165, 1.54) is 4.68 Å². The zero-order valence-electron chi connectivity index (χ0n) is 21.1. The number of rotatable bonds is 10. The minimum atomic E-state index is -0.301. The SMILES string of the molecule is COc1cccc(OC)c1OCn1ccc(C(=O)NCc2cn(-c3ccccc3)nc2-c2ccccc2)n1. The van der Waals surface area contributed by atoms with Crippen LogP contribution in [0.3, 0.4) is 0 Å². The molecule has 5 aromatic rings. The fourth-order valence-corrected chi connectivity index (χ4v) is 4.00. The van der Waals surface area contributed by atoms with Gasteiger partial charge in [-0.25, -0.2) is 9.36 Å². The molecular formula is C29H27N5O4. The summed E-state index contributed by atoms with van der Waals surface area (Å²) >= 11 is 0. The molecule has 0 fully saturated rings. The minimum Gasteiger partial charge on any atom is -0.493 e. The molecule has 0 spiro atoms. The molecule has 1 N–H and O–H groups in total. The highest BCUT2D eigenvalue weighted by Crippen LogP contribution is 2.36. The molecule has 0 saturated carbocycles. The van der Waals surface area contributed by atoms with Gasteiger partial charge in [-0.2, -0.15) is 10.2 Å². The number of para-hydroxylation sites is 2. The van der Waals surface area contributed by atoms with Crippen molar-refractivity contribution in [1.82, 2.24) is 24.9 Å². The van der Waals surface area contributed by atoms with E-state index in [1.807, 2.05) is 77.6 Å². The summed E-state index contributed by atoms with van der Waals surface area (Å²) in [7, 11) is 3.12. The van der Waals surface area contributed by atoms with Gasteiger partial charge in [0, 0.05) is 30.1 Å². The molecule has 0 aliphatic carbocycles. The summed E-state index contributed by atoms with van der Waals surface area (Å²) in [5.74, 6) is 1.24. The molecule has 192 valence electrons. The first kappa shape index (κ1) is 24.6. The lowest BCUT2D eigenvalue weighted by Gasteiger charge is -2.13. The molecule has 0 saturated heterocycles. The van der Waals surface area contributed by atoms with Crippen molar-refractivity contribution >= 4 is 5.91 Å². The average molecular weight is 510 g/mol. The van der Waals surface area contributed by atoms with Crippen molar-refractivity contribution in [2.75, 3.05) is 14.2 Å². The topological polar surface area (TPSA) is 92.4 Å². The highest BCUT2D eigenvalue weighted by molar-refractivity contribution is 5.92. The highest BCUT2D eigenvalue weighted by Gasteiger charge is 2.16. The first-order valence-electron chi connectivity index (χ1n) is 12.0. The molecule has 0 bridgehead atoms. The quantitative estimate of drug-likeness (QED) is 0.293. The van der Waals surface area contributed by atoms with E-state index >= 15 is 0 Å². The number of amides is 1. The second kappa shape index (κ2) is 11.3. The molecule has 0 unspecified atom stereocenters. The number of nitrogens with zero attached hydrogens (tertiary/aromatic N) is 4. The van der Waals surface area contributed by atoms with Crippen molar-refractivity contribution in [3.63, 3.8) is 0 Å². The van der Waals surface area contributed by atoms with E-state index in [4.69, 9.17) is 19.3 Å². The molecule has 9 nitrogen and oxygen atoms in total. The normalized spacial score (nSPS) is 10.7. The molecule has 0 atom stereocenters. The molecule has 0 aliphatic rings. The number of carbonyl (C=O) groups is 1. The minimum absolute atomic E-state index is 0.0754. The zero-order chi connectivity index (χ0) is 26.3. The number of hydrogen-bond donors (Lipinski definition) is 1. The fraction of sp³-hybridized carbons (Fsp3) is 0.138. The van der Waals surface area contributed by atoms with Crippen LogP contribution in [0.25, 0.3) is 16.9 Å². The van der Waals surface area contributed by atoms with Crippen LogP contribution in [0.4, 0.5) is 0 Å². The number of methoxy groups -OCH3 is 2. The Labute approximate surface area is 220 Å². The highest BCUT2D eigenvalue weighted by atomic mass is 16.5. The number of hydrogen-bond acceptors (Lipinski definition) is 6. The Kier molecular flexibility index (Phi) is 7.35. The molecular weight excluding hydrogens is 482 g/mol. The van der Waals surface area contributed by atoms with Crippen molar-refractivity contribution in [2.24, 2.45) is 0 Å². The summed E-state index contributed by atoms with van der Waals surface area (Å²) in [4.78, 5) is 12.9. The van der Waals surface area contributed by atoms with Gasteiger partial charge in [0.1, 0.15) is 5.69 Å². The molecule has 3 aromatic carbocycles. The van der Waals surface area contributed by atoms with Gasteiger partial charge in [0.15, 0.2) is 18.2 Å². The summed E-state index contributed by atoms with van der Waals surface area (Å²) in [6.07, 6.45) is 3.62. The standard InChI is InChI=1S/C29H27N5O4/c1-36-25-14-9-15-26(37-2)28(25)38-20-33-17-16-24(31-33)29(35)30-18-22-19-34(23-12-7-4-8-13-23)32-27(22)21-10-5-3-6-11-21/h3-17,19H,18,20H2,1-2H3,(H,30,35). The molecule has 0 radical (unpaired) electrons. The third-order valence-corrected chi connectivity index (χ3v) is 5.89. The Morgan fingerprint density at radius 1 is 0.842 bits per heavy atom. The second-order valence-electron chi connectivity index (χ2n) is 8.34. The summed E-state index contributed by atoms with van der Waals surface area (Å²) in [6, 6.07) is 26.8. The predicted octanol–water partition coefficient (Wildman–Crippen LogP) is 4.72. The van der Waals surface area contributed by atoms with Crippen LogP contribution in [0, 0.1) is 0 Å². The van der Waals surface area contributed by atoms with E-state index < -0.39 is 0 Å². The maximum atomic E-state index is 12.9. The van der Waals surface area contributed by atoms with Gasteiger partial charge in [0.2, 0.25) is 5.75 Å². The lowest BCUT2D eigenvalue weighted by atomic mass is 10.1. The molecule has 2 aromatic heterocycles. The van der Waals surface area contributed by atoms with Crippen molar-refractivity contribution < 1.29 is 19.0 Å². The van der Waals surface area contributed by atoms with Crippen LogP contribution in [0.15, 0.2) is 97.3 Å². The van der Waals surface area contributed by atoms with Crippen molar-refractivity contribution in [3.8, 4) is 34.2 Å². The van der Waals surface area contributed by atoms with Crippen molar-refractivity contribution in [2.45, 2.75) is 13.3 Å². The van der Waals surface area contributed by atoms with Crippen LogP contribution in [0.2, 0.25) is 0 Å². The third kappa shape index (κ3) is 5.36. The molecule has 0 aliphatic heterocycles. The Balaban J connectivity index is 1.29. The Morgan fingerprint density at radius 2 is 1.53 bits per heavy atom. The van der Waals surface area contributed by atoms with Crippen LogP contribution >= 0.6 is 0 Å². The lowest BCUT2D eigenvalue weighted by molar-refractivity contribution is 0.0943. The van der Waals surface area contributed by atoms with Crippen LogP contribution < -0.4 is 19.5 Å². The molecule has 2 heterocycles. The van der Waals surface area contributed by atoms with Crippen LogP contribution in [-0.2, 0) is 13.3 Å². The lowest BCUT2D eigenvalue weighted by Crippen LogP contribution is -2.23. The van der Waals surface area contributed by atoms with Crippen LogP contribution in [0.1, 0.15) is 16.1 Å². The molecule has 1 amide bonds. The summed E-state index contributed by atoms with van der Waals surface area (Å²) in [6.45, 7) is 0.365. The van der Waals surface area contributed by atoms with Gasteiger partial charge in [0.25, 0.3) is 5.91 Å². The van der Waals surface area contributed by atoms with Gasteiger partial charge in [-0.3, -0.25) is 4.79 Å². The van der Waals surface area contributed by atoms with Gasteiger partial charge in [-0.15, -0.1) is 0 Å². The van der Waals surface area contributed by atoms with Gasteiger partial charge < -0.3 is 19.5 Å². The van der Waals surface area contributed by atoms with Gasteiger partial charge in [0.05, 0.1) is 25.6 Å². The first-order chi connectivity index (χ1) is 18.7. The fourth-order valence-electron chi connectivity index (χ4n) is 4.00. The summed E-state index contributed by atoms with van der Waals surface area (Å²) < 4.78 is 19.9. The number of carbonyl (C=O) groups excluding carboxylic acids is 1. The van der Waals surface area contributed by atoms with Crippen molar-refractivity contribution in [1.29, 1.82) is 0 Å². The van der Waals surface area contributed by atoms with E-state index in [0.29, 0.717) is 17.2 Å². The van der Waals surface area contributed by atoms with E-state index in [-0.39, 0.29) is 24.9 Å². The maximum Gasteiger partial charge on any atom is 0.272 e. The van der Waals surface area contributed by atoms with Gasteiger partial charge in [-0.1, -0.05) is 54.6 Å². The Bertz CT molecular complexity index is 1490. The summed E-state index contributed by atoms with van der Waals surface area (Å²) in [5.41, 5.74) is 3.88. The van der Waals surface area contributed by atoms with Crippen LogP contribution in [0.5, 0.6) is 17.2 Å². The van der Waals surface area contributed by atoms with E-state index in [2.05, 4.69) is 10.4 Å². The van der Waals surface area contributed by atoms with E-state index in [0.717, 1.165) is 22.5 Å². The molecule has 5 rings (SSSR count). The predicted molar refractivity (Wildman–Crippen MR) is 143 cm³/mol. The van der Waals surface area contributed by atoms with Gasteiger partial charge >= 0.3 is 0 Å². The van der Waals surface area contributed by atoms with E-state index in [1.54, 1.807) is 38.6 Å². The smallest absolute Gasteiger partial charge is 0.272 e. The first-order valence-corrected chi connectivity index (χ1v) is 12.0. The average Bonchev–Trinajstić information content (AvgIpc) is 3.63. The second-order valence-corrected chi connectivity index (χ2v) is 8.34. The largest absolute Gasteiger partial charge is 0.493 e. The molecule has 38 heavy (non-hydrogen) atoms. The number of aromatic nitrogens is 4. The number of ether oxygens (including phenoxy) is 3. The zero-order valence-corrected chi connectivity index (χ0v) is 21.1. The molecule has 9 heteroatoms. The van der Waals surface area contributed by atoms with Crippen LogP contribution in [-0.4, -0.2) is 39.7 Å². The van der Waals surface area contributed by atoms with E-state index in [9.17, 15) is 4.79 Å². The van der Waals surface area contributed by atoms with Crippen molar-refractivity contribution in [3.05, 3.63) is 109 Å². The number of benzene rings is 3. The van der Waals surface area contributed by atoms with Gasteiger partial charge in [-0.05, 0) is 30.3 Å². The number of nitrogens with one attached hydrogen (secondary N) is 1. The Hall–Kier alpha value is -5.05. The summed E-state index contributed by atoms with van der Waals surface area (Å²) in [5, 5.41) is 12.1. The monoisotopic (exact) mass is 509 g/mol.